The maximum Gasteiger partial charge on any atom is 0.264 e. The fourth-order valence-electron chi connectivity index (χ4n) is 4.52. The number of methoxy groups -OCH3 is 1. The quantitative estimate of drug-likeness (QED) is 0.258. The summed E-state index contributed by atoms with van der Waals surface area (Å²) in [5.41, 5.74) is 2.05. The molecule has 1 heterocycles. The van der Waals surface area contributed by atoms with Crippen molar-refractivity contribution in [1.29, 1.82) is 0 Å². The van der Waals surface area contributed by atoms with Crippen LogP contribution in [0, 0.1) is 5.82 Å². The Morgan fingerprint density at radius 3 is 2.36 bits per heavy atom. The molecular weight excluding hydrogens is 561 g/mol. The van der Waals surface area contributed by atoms with Crippen molar-refractivity contribution in [2.75, 3.05) is 48.4 Å². The minimum atomic E-state index is -4.11. The summed E-state index contributed by atoms with van der Waals surface area (Å²) in [5.74, 6) is -0.131. The van der Waals surface area contributed by atoms with Gasteiger partial charge in [0.15, 0.2) is 0 Å². The normalized spacial score (nSPS) is 13.3. The standard InChI is InChI=1S/C31H30FN3O6S/c1-39-29-9-5-3-7-26(29)34-42(37,38)30-20-24(14-15-27(30)35-16-18-40-19-17-35)33-31(36)25-6-2-4-8-28(25)41-21-22-10-12-23(32)13-11-22/h2-15,20,34H,16-19,21H2,1H3,(H,33,36). The molecule has 1 aliphatic heterocycles. The molecule has 1 aliphatic rings. The molecule has 1 saturated heterocycles. The van der Waals surface area contributed by atoms with Gasteiger partial charge in [0.1, 0.15) is 28.8 Å². The molecule has 0 radical (unpaired) electrons. The van der Waals surface area contributed by atoms with E-state index in [4.69, 9.17) is 14.2 Å². The van der Waals surface area contributed by atoms with Crippen LogP contribution in [0.15, 0.2) is 95.9 Å². The Morgan fingerprint density at radius 2 is 1.62 bits per heavy atom. The first-order valence-corrected chi connectivity index (χ1v) is 14.7. The average molecular weight is 592 g/mol. The minimum absolute atomic E-state index is 0.00560. The lowest BCUT2D eigenvalue weighted by atomic mass is 10.1. The van der Waals surface area contributed by atoms with E-state index in [1.54, 1.807) is 72.8 Å². The summed E-state index contributed by atoms with van der Waals surface area (Å²) in [5, 5.41) is 2.80. The summed E-state index contributed by atoms with van der Waals surface area (Å²) in [6, 6.07) is 24.1. The second kappa shape index (κ2) is 12.9. The lowest BCUT2D eigenvalue weighted by molar-refractivity contribution is 0.102. The Kier molecular flexibility index (Phi) is 8.89. The first kappa shape index (κ1) is 28.9. The third-order valence-corrected chi connectivity index (χ3v) is 8.04. The highest BCUT2D eigenvalue weighted by Gasteiger charge is 2.26. The molecule has 0 aromatic heterocycles. The molecule has 4 aromatic carbocycles. The van der Waals surface area contributed by atoms with Crippen molar-refractivity contribution in [3.8, 4) is 11.5 Å². The van der Waals surface area contributed by atoms with Gasteiger partial charge in [0.05, 0.1) is 37.3 Å². The predicted octanol–water partition coefficient (Wildman–Crippen LogP) is 5.30. The van der Waals surface area contributed by atoms with Gasteiger partial charge in [-0.25, -0.2) is 12.8 Å². The van der Waals surface area contributed by atoms with Gasteiger partial charge in [-0.3, -0.25) is 9.52 Å². The van der Waals surface area contributed by atoms with Crippen LogP contribution in [-0.2, 0) is 21.4 Å². The molecule has 218 valence electrons. The van der Waals surface area contributed by atoms with Gasteiger partial charge in [-0.1, -0.05) is 36.4 Å². The number of morpholine rings is 1. The van der Waals surface area contributed by atoms with Crippen molar-refractivity contribution in [2.45, 2.75) is 11.5 Å². The van der Waals surface area contributed by atoms with Gasteiger partial charge in [-0.2, -0.15) is 0 Å². The van der Waals surface area contributed by atoms with Crippen LogP contribution in [0.4, 0.5) is 21.5 Å². The van der Waals surface area contributed by atoms with Gasteiger partial charge >= 0.3 is 0 Å². The zero-order valence-electron chi connectivity index (χ0n) is 22.9. The van der Waals surface area contributed by atoms with Gasteiger partial charge in [-0.15, -0.1) is 0 Å². The van der Waals surface area contributed by atoms with Crippen LogP contribution in [0.5, 0.6) is 11.5 Å². The number of rotatable bonds is 10. The molecular formula is C31H30FN3O6S. The number of halogens is 1. The smallest absolute Gasteiger partial charge is 0.264 e. The van der Waals surface area contributed by atoms with Crippen molar-refractivity contribution in [1.82, 2.24) is 0 Å². The molecule has 0 saturated carbocycles. The summed E-state index contributed by atoms with van der Waals surface area (Å²) in [7, 11) is -2.65. The van der Waals surface area contributed by atoms with Crippen LogP contribution in [0.1, 0.15) is 15.9 Å². The van der Waals surface area contributed by atoms with E-state index >= 15 is 0 Å². The summed E-state index contributed by atoms with van der Waals surface area (Å²) in [4.78, 5) is 15.3. The number of amides is 1. The molecule has 1 fully saturated rings. The maximum absolute atomic E-state index is 13.8. The third-order valence-electron chi connectivity index (χ3n) is 6.65. The van der Waals surface area contributed by atoms with Crippen LogP contribution < -0.4 is 24.4 Å². The zero-order chi connectivity index (χ0) is 29.5. The number of carbonyl (C=O) groups is 1. The summed E-state index contributed by atoms with van der Waals surface area (Å²) in [6.45, 7) is 2.10. The van der Waals surface area contributed by atoms with Crippen LogP contribution in [0.3, 0.4) is 0 Å². The second-order valence-corrected chi connectivity index (χ2v) is 11.1. The molecule has 0 spiro atoms. The van der Waals surface area contributed by atoms with Gasteiger partial charge in [0.2, 0.25) is 0 Å². The molecule has 11 heteroatoms. The molecule has 0 aliphatic carbocycles. The Morgan fingerprint density at radius 1 is 0.929 bits per heavy atom. The lowest BCUT2D eigenvalue weighted by Gasteiger charge is -2.30. The van der Waals surface area contributed by atoms with E-state index in [9.17, 15) is 17.6 Å². The van der Waals surface area contributed by atoms with Crippen molar-refractivity contribution in [3.63, 3.8) is 0 Å². The zero-order valence-corrected chi connectivity index (χ0v) is 23.7. The Labute approximate surface area is 243 Å². The number of benzene rings is 4. The number of sulfonamides is 1. The van der Waals surface area contributed by atoms with E-state index in [2.05, 4.69) is 10.0 Å². The highest BCUT2D eigenvalue weighted by Crippen LogP contribution is 2.33. The minimum Gasteiger partial charge on any atom is -0.495 e. The average Bonchev–Trinajstić information content (AvgIpc) is 3.01. The largest absolute Gasteiger partial charge is 0.495 e. The van der Waals surface area contributed by atoms with Crippen LogP contribution in [0.25, 0.3) is 0 Å². The van der Waals surface area contributed by atoms with Crippen LogP contribution >= 0.6 is 0 Å². The Hall–Kier alpha value is -4.61. The van der Waals surface area contributed by atoms with E-state index in [0.29, 0.717) is 43.5 Å². The number of nitrogens with one attached hydrogen (secondary N) is 2. The summed E-state index contributed by atoms with van der Waals surface area (Å²) >= 11 is 0. The van der Waals surface area contributed by atoms with E-state index in [1.807, 2.05) is 4.90 Å². The number of para-hydroxylation sites is 3. The fraction of sp³-hybridized carbons (Fsp3) is 0.194. The van der Waals surface area contributed by atoms with Gasteiger partial charge < -0.3 is 24.4 Å². The second-order valence-electron chi connectivity index (χ2n) is 9.45. The van der Waals surface area contributed by atoms with E-state index in [-0.39, 0.29) is 34.3 Å². The van der Waals surface area contributed by atoms with Crippen molar-refractivity contribution >= 4 is 33.0 Å². The number of anilines is 3. The first-order valence-electron chi connectivity index (χ1n) is 13.2. The van der Waals surface area contributed by atoms with Crippen molar-refractivity contribution < 1.29 is 31.8 Å². The summed E-state index contributed by atoms with van der Waals surface area (Å²) < 4.78 is 60.0. The Balaban J connectivity index is 1.42. The molecule has 9 nitrogen and oxygen atoms in total. The lowest BCUT2D eigenvalue weighted by Crippen LogP contribution is -2.37. The molecule has 42 heavy (non-hydrogen) atoms. The van der Waals surface area contributed by atoms with Gasteiger partial charge in [0, 0.05) is 18.8 Å². The monoisotopic (exact) mass is 591 g/mol. The molecule has 0 unspecified atom stereocenters. The highest BCUT2D eigenvalue weighted by molar-refractivity contribution is 7.93. The first-order chi connectivity index (χ1) is 20.3. The van der Waals surface area contributed by atoms with Crippen LogP contribution in [0.2, 0.25) is 0 Å². The fourth-order valence-corrected chi connectivity index (χ4v) is 5.84. The third kappa shape index (κ3) is 6.81. The SMILES string of the molecule is COc1ccccc1NS(=O)(=O)c1cc(NC(=O)c2ccccc2OCc2ccc(F)cc2)ccc1N1CCOCC1. The maximum atomic E-state index is 13.8. The predicted molar refractivity (Wildman–Crippen MR) is 158 cm³/mol. The van der Waals surface area contributed by atoms with E-state index < -0.39 is 15.9 Å². The topological polar surface area (TPSA) is 106 Å². The Bertz CT molecular complexity index is 1660. The van der Waals surface area contributed by atoms with E-state index in [1.165, 1.54) is 25.3 Å². The number of hydrogen-bond acceptors (Lipinski definition) is 7. The number of nitrogens with zero attached hydrogens (tertiary/aromatic N) is 1. The van der Waals surface area contributed by atoms with Gasteiger partial charge in [0.25, 0.3) is 15.9 Å². The summed E-state index contributed by atoms with van der Waals surface area (Å²) in [6.07, 6.45) is 0. The van der Waals surface area contributed by atoms with Gasteiger partial charge in [-0.05, 0) is 60.2 Å². The van der Waals surface area contributed by atoms with Crippen LogP contribution in [-0.4, -0.2) is 47.7 Å². The number of ether oxygens (including phenoxy) is 3. The van der Waals surface area contributed by atoms with Crippen molar-refractivity contribution in [3.05, 3.63) is 108 Å². The number of carbonyl (C=O) groups excluding carboxylic acids is 1. The molecule has 0 bridgehead atoms. The molecule has 2 N–H and O–H groups in total. The molecule has 4 aromatic rings. The molecule has 0 atom stereocenters. The van der Waals surface area contributed by atoms with Crippen molar-refractivity contribution in [2.24, 2.45) is 0 Å². The molecule has 5 rings (SSSR count). The number of hydrogen-bond donors (Lipinski definition) is 2. The van der Waals surface area contributed by atoms with E-state index in [0.717, 1.165) is 5.56 Å². The molecule has 1 amide bonds. The highest BCUT2D eigenvalue weighted by atomic mass is 32.2.